The van der Waals surface area contributed by atoms with Crippen LogP contribution in [0.3, 0.4) is 0 Å². The van der Waals surface area contributed by atoms with Crippen molar-refractivity contribution in [2.75, 3.05) is 38.2 Å². The third-order valence-electron chi connectivity index (χ3n) is 4.66. The normalized spacial score (nSPS) is 15.1. The molecule has 0 spiro atoms. The van der Waals surface area contributed by atoms with E-state index in [0.29, 0.717) is 55.5 Å². The maximum absolute atomic E-state index is 12.9. The lowest BCUT2D eigenvalue weighted by atomic mass is 10.1. The first kappa shape index (κ1) is 21.3. The van der Waals surface area contributed by atoms with E-state index in [-0.39, 0.29) is 10.8 Å². The minimum Gasteiger partial charge on any atom is -0.491 e. The van der Waals surface area contributed by atoms with Gasteiger partial charge in [-0.2, -0.15) is 4.31 Å². The molecule has 0 radical (unpaired) electrons. The molecular formula is C21H26N2O5S. The zero-order valence-corrected chi connectivity index (χ0v) is 17.5. The second kappa shape index (κ2) is 9.39. The van der Waals surface area contributed by atoms with E-state index in [2.05, 4.69) is 5.32 Å². The van der Waals surface area contributed by atoms with Crippen molar-refractivity contribution in [3.05, 3.63) is 53.6 Å². The Balaban J connectivity index is 1.86. The van der Waals surface area contributed by atoms with Crippen molar-refractivity contribution in [3.8, 4) is 5.75 Å². The van der Waals surface area contributed by atoms with Crippen LogP contribution in [0.25, 0.3) is 0 Å². The highest BCUT2D eigenvalue weighted by Crippen LogP contribution is 2.26. The standard InChI is InChI=1S/C21H26N2O5S/c1-3-12-28-20-7-5-4-6-19(20)22-21(24)18-15-17(9-8-16(18)2)29(25,26)23-10-13-27-14-11-23/h4-9,15H,3,10-14H2,1-2H3,(H,22,24). The highest BCUT2D eigenvalue weighted by molar-refractivity contribution is 7.89. The maximum Gasteiger partial charge on any atom is 0.256 e. The molecule has 1 amide bonds. The Hall–Kier alpha value is -2.42. The van der Waals surface area contributed by atoms with E-state index in [1.165, 1.54) is 16.4 Å². The zero-order chi connectivity index (χ0) is 20.9. The molecule has 0 saturated carbocycles. The van der Waals surface area contributed by atoms with Crippen LogP contribution >= 0.6 is 0 Å². The Morgan fingerprint density at radius 3 is 2.62 bits per heavy atom. The third kappa shape index (κ3) is 4.95. The summed E-state index contributed by atoms with van der Waals surface area (Å²) in [5, 5.41) is 2.84. The van der Waals surface area contributed by atoms with Crippen molar-refractivity contribution in [1.29, 1.82) is 0 Å². The smallest absolute Gasteiger partial charge is 0.256 e. The lowest BCUT2D eigenvalue weighted by Gasteiger charge is -2.26. The van der Waals surface area contributed by atoms with Crippen LogP contribution in [0.4, 0.5) is 5.69 Å². The molecule has 1 saturated heterocycles. The summed E-state index contributed by atoms with van der Waals surface area (Å²) < 4.78 is 38.1. The molecule has 156 valence electrons. The van der Waals surface area contributed by atoms with Crippen LogP contribution < -0.4 is 10.1 Å². The number of para-hydroxylation sites is 2. The molecule has 2 aromatic carbocycles. The lowest BCUT2D eigenvalue weighted by molar-refractivity contribution is 0.0730. The molecule has 2 aromatic rings. The van der Waals surface area contributed by atoms with Gasteiger partial charge in [0.05, 0.1) is 30.4 Å². The van der Waals surface area contributed by atoms with E-state index >= 15 is 0 Å². The van der Waals surface area contributed by atoms with E-state index in [4.69, 9.17) is 9.47 Å². The molecule has 0 atom stereocenters. The monoisotopic (exact) mass is 418 g/mol. The molecule has 29 heavy (non-hydrogen) atoms. The molecule has 8 heteroatoms. The summed E-state index contributed by atoms with van der Waals surface area (Å²) in [5.41, 5.74) is 1.55. The quantitative estimate of drug-likeness (QED) is 0.747. The van der Waals surface area contributed by atoms with Gasteiger partial charge in [-0.15, -0.1) is 0 Å². The number of carbonyl (C=O) groups is 1. The first-order valence-corrected chi connectivity index (χ1v) is 11.1. The summed E-state index contributed by atoms with van der Waals surface area (Å²) >= 11 is 0. The van der Waals surface area contributed by atoms with Gasteiger partial charge in [0.1, 0.15) is 5.75 Å². The number of hydrogen-bond acceptors (Lipinski definition) is 5. The average molecular weight is 419 g/mol. The number of anilines is 1. The molecular weight excluding hydrogens is 392 g/mol. The summed E-state index contributed by atoms with van der Waals surface area (Å²) in [4.78, 5) is 13.0. The van der Waals surface area contributed by atoms with Gasteiger partial charge in [-0.1, -0.05) is 25.1 Å². The second-order valence-corrected chi connectivity index (χ2v) is 8.73. The fourth-order valence-electron chi connectivity index (χ4n) is 3.04. The van der Waals surface area contributed by atoms with E-state index in [0.717, 1.165) is 6.42 Å². The summed E-state index contributed by atoms with van der Waals surface area (Å²) in [7, 11) is -3.68. The number of carbonyl (C=O) groups excluding carboxylic acids is 1. The van der Waals surface area contributed by atoms with Crippen molar-refractivity contribution in [2.45, 2.75) is 25.2 Å². The predicted octanol–water partition coefficient (Wildman–Crippen LogP) is 3.06. The number of ether oxygens (including phenoxy) is 2. The molecule has 1 heterocycles. The van der Waals surface area contributed by atoms with Gasteiger partial charge in [0, 0.05) is 18.7 Å². The Morgan fingerprint density at radius 2 is 1.90 bits per heavy atom. The van der Waals surface area contributed by atoms with Crippen molar-refractivity contribution < 1.29 is 22.7 Å². The molecule has 0 unspecified atom stereocenters. The van der Waals surface area contributed by atoms with Crippen molar-refractivity contribution in [1.82, 2.24) is 4.31 Å². The Kier molecular flexibility index (Phi) is 6.89. The summed E-state index contributed by atoms with van der Waals surface area (Å²) in [5.74, 6) is 0.200. The van der Waals surface area contributed by atoms with Gasteiger partial charge in [-0.05, 0) is 43.2 Å². The van der Waals surface area contributed by atoms with E-state index < -0.39 is 10.0 Å². The minimum atomic E-state index is -3.68. The highest BCUT2D eigenvalue weighted by Gasteiger charge is 2.27. The molecule has 0 aliphatic carbocycles. The van der Waals surface area contributed by atoms with E-state index in [9.17, 15) is 13.2 Å². The average Bonchev–Trinajstić information content (AvgIpc) is 2.74. The molecule has 3 rings (SSSR count). The van der Waals surface area contributed by atoms with Crippen LogP contribution in [-0.2, 0) is 14.8 Å². The van der Waals surface area contributed by atoms with Crippen LogP contribution in [0.2, 0.25) is 0 Å². The number of morpholine rings is 1. The first-order valence-electron chi connectivity index (χ1n) is 9.65. The van der Waals surface area contributed by atoms with Crippen LogP contribution in [0.5, 0.6) is 5.75 Å². The first-order chi connectivity index (χ1) is 13.9. The summed E-state index contributed by atoms with van der Waals surface area (Å²) in [6, 6.07) is 11.8. The molecule has 0 bridgehead atoms. The van der Waals surface area contributed by atoms with Crippen LogP contribution in [0.15, 0.2) is 47.4 Å². The van der Waals surface area contributed by atoms with Gasteiger partial charge in [0.15, 0.2) is 0 Å². The van der Waals surface area contributed by atoms with Gasteiger partial charge >= 0.3 is 0 Å². The third-order valence-corrected chi connectivity index (χ3v) is 6.55. The summed E-state index contributed by atoms with van der Waals surface area (Å²) in [6.45, 7) is 5.67. The van der Waals surface area contributed by atoms with E-state index in [1.54, 1.807) is 31.2 Å². The number of sulfonamides is 1. The molecule has 1 aliphatic rings. The number of nitrogens with one attached hydrogen (secondary N) is 1. The fourth-order valence-corrected chi connectivity index (χ4v) is 4.47. The SMILES string of the molecule is CCCOc1ccccc1NC(=O)c1cc(S(=O)(=O)N2CCOCC2)ccc1C. The number of rotatable bonds is 7. The number of nitrogens with zero attached hydrogens (tertiary/aromatic N) is 1. The largest absolute Gasteiger partial charge is 0.491 e. The van der Waals surface area contributed by atoms with Gasteiger partial charge in [0.25, 0.3) is 5.91 Å². The number of benzene rings is 2. The lowest BCUT2D eigenvalue weighted by Crippen LogP contribution is -2.40. The van der Waals surface area contributed by atoms with Crippen LogP contribution in [0, 0.1) is 6.92 Å². The topological polar surface area (TPSA) is 84.9 Å². The van der Waals surface area contributed by atoms with Gasteiger partial charge in [-0.3, -0.25) is 4.79 Å². The van der Waals surface area contributed by atoms with Gasteiger partial charge in [0.2, 0.25) is 10.0 Å². The van der Waals surface area contributed by atoms with Gasteiger partial charge in [-0.25, -0.2) is 8.42 Å². The molecule has 1 fully saturated rings. The Morgan fingerprint density at radius 1 is 1.17 bits per heavy atom. The number of amides is 1. The van der Waals surface area contributed by atoms with Crippen molar-refractivity contribution in [2.24, 2.45) is 0 Å². The highest BCUT2D eigenvalue weighted by atomic mass is 32.2. The summed E-state index contributed by atoms with van der Waals surface area (Å²) in [6.07, 6.45) is 0.850. The van der Waals surface area contributed by atoms with Crippen LogP contribution in [-0.4, -0.2) is 51.5 Å². The molecule has 1 N–H and O–H groups in total. The Bertz CT molecular complexity index is 969. The van der Waals surface area contributed by atoms with E-state index in [1.807, 2.05) is 13.0 Å². The van der Waals surface area contributed by atoms with Crippen molar-refractivity contribution >= 4 is 21.6 Å². The maximum atomic E-state index is 12.9. The zero-order valence-electron chi connectivity index (χ0n) is 16.7. The number of aryl methyl sites for hydroxylation is 1. The Labute approximate surface area is 171 Å². The van der Waals surface area contributed by atoms with Crippen molar-refractivity contribution in [3.63, 3.8) is 0 Å². The second-order valence-electron chi connectivity index (χ2n) is 6.79. The number of hydrogen-bond donors (Lipinski definition) is 1. The minimum absolute atomic E-state index is 0.102. The molecule has 7 nitrogen and oxygen atoms in total. The van der Waals surface area contributed by atoms with Crippen LogP contribution in [0.1, 0.15) is 29.3 Å². The fraction of sp³-hybridized carbons (Fsp3) is 0.381. The predicted molar refractivity (Wildman–Crippen MR) is 111 cm³/mol. The molecule has 1 aliphatic heterocycles. The van der Waals surface area contributed by atoms with Gasteiger partial charge < -0.3 is 14.8 Å². The molecule has 0 aromatic heterocycles.